The maximum absolute atomic E-state index is 12.4. The minimum absolute atomic E-state index is 0.286. The summed E-state index contributed by atoms with van der Waals surface area (Å²) in [6.45, 7) is 8.77. The highest BCUT2D eigenvalue weighted by atomic mass is 16.6. The highest BCUT2D eigenvalue weighted by Gasteiger charge is 2.37. The van der Waals surface area contributed by atoms with Gasteiger partial charge in [-0.1, -0.05) is 76.9 Å². The van der Waals surface area contributed by atoms with Crippen molar-refractivity contribution in [2.45, 2.75) is 142 Å². The molecule has 0 unspecified atom stereocenters. The average molecular weight is 466 g/mol. The van der Waals surface area contributed by atoms with E-state index >= 15 is 0 Å². The van der Waals surface area contributed by atoms with Gasteiger partial charge in [0, 0.05) is 6.54 Å². The molecule has 1 amide bonds. The largest absolute Gasteiger partial charge is 0.464 e. The average Bonchev–Trinajstić information content (AvgIpc) is 3.25. The SMILES string of the molecule is CCCCCCCCC=CCCCCCCCCOC(=O)[C@@H]1CCCN1C(=O)OC(C)(C)C. The maximum atomic E-state index is 12.4. The summed E-state index contributed by atoms with van der Waals surface area (Å²) in [6, 6.07) is -0.492. The lowest BCUT2D eigenvalue weighted by Crippen LogP contribution is -2.44. The first-order valence-corrected chi connectivity index (χ1v) is 13.7. The van der Waals surface area contributed by atoms with E-state index < -0.39 is 17.7 Å². The number of hydrogen-bond acceptors (Lipinski definition) is 4. The van der Waals surface area contributed by atoms with Gasteiger partial charge in [0.1, 0.15) is 11.6 Å². The van der Waals surface area contributed by atoms with Crippen LogP contribution in [0.3, 0.4) is 0 Å². The third kappa shape index (κ3) is 15.1. The molecule has 1 aliphatic heterocycles. The fourth-order valence-corrected chi connectivity index (χ4v) is 4.17. The molecule has 0 bridgehead atoms. The van der Waals surface area contributed by atoms with Gasteiger partial charge in [0.15, 0.2) is 0 Å². The predicted molar refractivity (Wildman–Crippen MR) is 136 cm³/mol. The van der Waals surface area contributed by atoms with Crippen molar-refractivity contribution in [3.63, 3.8) is 0 Å². The Morgan fingerprint density at radius 2 is 1.39 bits per heavy atom. The van der Waals surface area contributed by atoms with Crippen LogP contribution in [0.25, 0.3) is 0 Å². The van der Waals surface area contributed by atoms with E-state index in [-0.39, 0.29) is 5.97 Å². The monoisotopic (exact) mass is 465 g/mol. The van der Waals surface area contributed by atoms with Crippen LogP contribution in [-0.2, 0) is 14.3 Å². The molecule has 1 fully saturated rings. The summed E-state index contributed by atoms with van der Waals surface area (Å²) >= 11 is 0. The van der Waals surface area contributed by atoms with Crippen LogP contribution in [0.1, 0.15) is 130 Å². The molecule has 5 heteroatoms. The van der Waals surface area contributed by atoms with Gasteiger partial charge in [-0.15, -0.1) is 0 Å². The zero-order valence-electron chi connectivity index (χ0n) is 22.0. The minimum atomic E-state index is -0.558. The van der Waals surface area contributed by atoms with E-state index in [0.717, 1.165) is 19.3 Å². The lowest BCUT2D eigenvalue weighted by Gasteiger charge is -2.27. The molecule has 0 radical (unpaired) electrons. The summed E-state index contributed by atoms with van der Waals surface area (Å²) in [4.78, 5) is 26.2. The first-order valence-electron chi connectivity index (χ1n) is 13.7. The Labute approximate surface area is 203 Å². The van der Waals surface area contributed by atoms with Gasteiger partial charge in [-0.3, -0.25) is 4.90 Å². The molecule has 192 valence electrons. The number of rotatable bonds is 17. The molecule has 1 rings (SSSR count). The van der Waals surface area contributed by atoms with Gasteiger partial charge in [-0.2, -0.15) is 0 Å². The molecule has 1 heterocycles. The Balaban J connectivity index is 1.97. The van der Waals surface area contributed by atoms with Crippen molar-refractivity contribution in [3.8, 4) is 0 Å². The maximum Gasteiger partial charge on any atom is 0.411 e. The number of unbranched alkanes of at least 4 members (excludes halogenated alkanes) is 12. The molecule has 0 aliphatic carbocycles. The Morgan fingerprint density at radius 3 is 1.97 bits per heavy atom. The van der Waals surface area contributed by atoms with Crippen molar-refractivity contribution in [3.05, 3.63) is 12.2 Å². The number of hydrogen-bond donors (Lipinski definition) is 0. The van der Waals surface area contributed by atoms with Gasteiger partial charge < -0.3 is 9.47 Å². The first-order chi connectivity index (χ1) is 15.8. The lowest BCUT2D eigenvalue weighted by molar-refractivity contribution is -0.148. The van der Waals surface area contributed by atoms with Crippen LogP contribution in [0.4, 0.5) is 4.79 Å². The standard InChI is InChI=1S/C28H51NO4/c1-5-6-7-8-9-10-11-12-13-14-15-16-17-18-19-20-24-32-26(30)25-22-21-23-29(25)27(31)33-28(2,3)4/h12-13,25H,5-11,14-24H2,1-4H3/t25-/m0/s1. The van der Waals surface area contributed by atoms with Gasteiger partial charge in [0.2, 0.25) is 0 Å². The van der Waals surface area contributed by atoms with Gasteiger partial charge in [-0.05, 0) is 65.7 Å². The smallest absolute Gasteiger partial charge is 0.411 e. The number of ether oxygens (including phenoxy) is 2. The molecule has 0 aromatic heterocycles. The van der Waals surface area contributed by atoms with Crippen molar-refractivity contribution in [1.82, 2.24) is 4.90 Å². The Bertz CT molecular complexity index is 553. The summed E-state index contributed by atoms with van der Waals surface area (Å²) in [7, 11) is 0. The van der Waals surface area contributed by atoms with Crippen molar-refractivity contribution in [2.24, 2.45) is 0 Å². The Hall–Kier alpha value is -1.52. The highest BCUT2D eigenvalue weighted by Crippen LogP contribution is 2.22. The third-order valence-corrected chi connectivity index (χ3v) is 6.05. The van der Waals surface area contributed by atoms with E-state index in [9.17, 15) is 9.59 Å². The molecule has 0 aromatic rings. The van der Waals surface area contributed by atoms with Gasteiger partial charge >= 0.3 is 12.1 Å². The molecular formula is C28H51NO4. The molecule has 1 saturated heterocycles. The van der Waals surface area contributed by atoms with Crippen LogP contribution in [0, 0.1) is 0 Å². The number of carbonyl (C=O) groups excluding carboxylic acids is 2. The summed E-state index contributed by atoms with van der Waals surface area (Å²) in [5.74, 6) is -0.286. The van der Waals surface area contributed by atoms with E-state index in [1.165, 1.54) is 81.9 Å². The fourth-order valence-electron chi connectivity index (χ4n) is 4.17. The number of amides is 1. The first kappa shape index (κ1) is 29.5. The Kier molecular flexibility index (Phi) is 16.0. The van der Waals surface area contributed by atoms with Crippen molar-refractivity contribution < 1.29 is 19.1 Å². The third-order valence-electron chi connectivity index (χ3n) is 6.05. The highest BCUT2D eigenvalue weighted by molar-refractivity contribution is 5.82. The zero-order valence-corrected chi connectivity index (χ0v) is 22.0. The number of nitrogens with zero attached hydrogens (tertiary/aromatic N) is 1. The van der Waals surface area contributed by atoms with E-state index in [2.05, 4.69) is 19.1 Å². The molecule has 5 nitrogen and oxygen atoms in total. The molecule has 0 N–H and O–H groups in total. The van der Waals surface area contributed by atoms with Crippen LogP contribution in [-0.4, -0.2) is 41.8 Å². The van der Waals surface area contributed by atoms with Crippen LogP contribution in [0.2, 0.25) is 0 Å². The van der Waals surface area contributed by atoms with Gasteiger partial charge in [0.25, 0.3) is 0 Å². The summed E-state index contributed by atoms with van der Waals surface area (Å²) < 4.78 is 10.9. The normalized spacial score (nSPS) is 16.5. The van der Waals surface area contributed by atoms with E-state index in [4.69, 9.17) is 9.47 Å². The number of carbonyl (C=O) groups is 2. The molecule has 0 aromatic carbocycles. The van der Waals surface area contributed by atoms with E-state index in [0.29, 0.717) is 19.6 Å². The van der Waals surface area contributed by atoms with E-state index in [1.54, 1.807) is 0 Å². The summed E-state index contributed by atoms with van der Waals surface area (Å²) in [5.41, 5.74) is -0.558. The lowest BCUT2D eigenvalue weighted by atomic mass is 10.1. The van der Waals surface area contributed by atoms with Crippen LogP contribution in [0.15, 0.2) is 12.2 Å². The second-order valence-corrected chi connectivity index (χ2v) is 10.4. The molecule has 1 aliphatic rings. The van der Waals surface area contributed by atoms with Crippen molar-refractivity contribution >= 4 is 12.1 Å². The molecule has 33 heavy (non-hydrogen) atoms. The van der Waals surface area contributed by atoms with E-state index in [1.807, 2.05) is 20.8 Å². The second kappa shape index (κ2) is 17.9. The Morgan fingerprint density at radius 1 is 0.848 bits per heavy atom. The van der Waals surface area contributed by atoms with Crippen molar-refractivity contribution in [2.75, 3.05) is 13.2 Å². The molecule has 1 atom stereocenters. The van der Waals surface area contributed by atoms with Crippen LogP contribution >= 0.6 is 0 Å². The molecule has 0 spiro atoms. The quantitative estimate of drug-likeness (QED) is 0.124. The minimum Gasteiger partial charge on any atom is -0.464 e. The zero-order chi connectivity index (χ0) is 24.4. The second-order valence-electron chi connectivity index (χ2n) is 10.4. The van der Waals surface area contributed by atoms with Crippen LogP contribution in [0.5, 0.6) is 0 Å². The fraction of sp³-hybridized carbons (Fsp3) is 0.857. The van der Waals surface area contributed by atoms with Crippen molar-refractivity contribution in [1.29, 1.82) is 0 Å². The predicted octanol–water partition coefficient (Wildman–Crippen LogP) is 7.97. The molecular weight excluding hydrogens is 414 g/mol. The van der Waals surface area contributed by atoms with Crippen LogP contribution < -0.4 is 0 Å². The van der Waals surface area contributed by atoms with Gasteiger partial charge in [-0.25, -0.2) is 9.59 Å². The number of allylic oxidation sites excluding steroid dienone is 2. The number of esters is 1. The summed E-state index contributed by atoms with van der Waals surface area (Å²) in [6.07, 6.45) is 23.4. The molecule has 0 saturated carbocycles. The summed E-state index contributed by atoms with van der Waals surface area (Å²) in [5, 5.41) is 0. The topological polar surface area (TPSA) is 55.8 Å². The number of likely N-dealkylation sites (tertiary alicyclic amines) is 1. The van der Waals surface area contributed by atoms with Gasteiger partial charge in [0.05, 0.1) is 6.61 Å².